The molecule has 0 radical (unpaired) electrons. The Balaban J connectivity index is 1.79. The number of aryl methyl sites for hydroxylation is 1. The highest BCUT2D eigenvalue weighted by molar-refractivity contribution is 8.18. The van der Waals surface area contributed by atoms with Crippen molar-refractivity contribution in [3.05, 3.63) is 76.7 Å². The van der Waals surface area contributed by atoms with E-state index in [9.17, 15) is 14.7 Å². The second-order valence-corrected chi connectivity index (χ2v) is 6.97. The molecule has 1 saturated heterocycles. The van der Waals surface area contributed by atoms with Crippen LogP contribution in [0.5, 0.6) is 5.75 Å². The second kappa shape index (κ2) is 8.58. The molecule has 0 unspecified atom stereocenters. The molecule has 1 aliphatic heterocycles. The van der Waals surface area contributed by atoms with Crippen molar-refractivity contribution in [1.82, 2.24) is 5.32 Å². The molecule has 0 aromatic heterocycles. The molecule has 0 aliphatic carbocycles. The molecule has 1 fully saturated rings. The maximum Gasteiger partial charge on any atom is 0.264 e. The van der Waals surface area contributed by atoms with Gasteiger partial charge in [0.2, 0.25) is 0 Å². The van der Waals surface area contributed by atoms with E-state index in [-0.39, 0.29) is 11.5 Å². The smallest absolute Gasteiger partial charge is 0.264 e. The van der Waals surface area contributed by atoms with E-state index in [2.05, 4.69) is 16.9 Å². The molecule has 0 atom stereocenters. The fourth-order valence-electron chi connectivity index (χ4n) is 2.41. The summed E-state index contributed by atoms with van der Waals surface area (Å²) in [4.78, 5) is 28.1. The number of hydrogen-bond acceptors (Lipinski definition) is 6. The predicted octanol–water partition coefficient (Wildman–Crippen LogP) is 2.81. The number of carboxylic acids is 1. The monoisotopic (exact) mass is 393 g/mol. The number of aromatic carboxylic acids is 1. The fourth-order valence-corrected chi connectivity index (χ4v) is 3.25. The maximum atomic E-state index is 12.2. The average Bonchev–Trinajstić information content (AvgIpc) is 3.01. The van der Waals surface area contributed by atoms with E-state index in [1.165, 1.54) is 23.9 Å². The number of nitrogens with zero attached hydrogens (tertiary/aromatic N) is 1. The number of ether oxygens (including phenoxy) is 1. The summed E-state index contributed by atoms with van der Waals surface area (Å²) in [7, 11) is 0. The summed E-state index contributed by atoms with van der Waals surface area (Å²) in [6, 6.07) is 11.9. The minimum atomic E-state index is -1.27. The van der Waals surface area contributed by atoms with Gasteiger partial charge in [-0.05, 0) is 59.7 Å². The first-order chi connectivity index (χ1) is 13.5. The van der Waals surface area contributed by atoms with Crippen LogP contribution in [0.2, 0.25) is 0 Å². The van der Waals surface area contributed by atoms with Crippen LogP contribution in [0.1, 0.15) is 21.5 Å². The number of aliphatic imine (C=N–C) groups is 1. The van der Waals surface area contributed by atoms with Gasteiger partial charge in [0.25, 0.3) is 5.91 Å². The highest BCUT2D eigenvalue weighted by atomic mass is 32.2. The predicted molar refractivity (Wildman–Crippen MR) is 108 cm³/mol. The second-order valence-electron chi connectivity index (χ2n) is 5.94. The Kier molecular flexibility index (Phi) is 5.96. The van der Waals surface area contributed by atoms with Crippen molar-refractivity contribution < 1.29 is 19.4 Å². The molecule has 0 bridgehead atoms. The standard InChI is InChI=1S/C21H18N2O4S/c1-3-10-27-16-8-5-14(6-9-16)11-18-19(24)23-21(28-18)22-17-12-15(20(25)26)7-4-13(17)2/h3-9,11-12H,1,10H2,2H3,(H,25,26)(H,22,23,24)/p-1/b18-11-. The van der Waals surface area contributed by atoms with Gasteiger partial charge in [0.05, 0.1) is 16.6 Å². The van der Waals surface area contributed by atoms with E-state index >= 15 is 0 Å². The van der Waals surface area contributed by atoms with E-state index in [4.69, 9.17) is 4.74 Å². The molecule has 142 valence electrons. The Hall–Kier alpha value is -3.32. The van der Waals surface area contributed by atoms with Crippen LogP contribution in [-0.4, -0.2) is 23.7 Å². The fraction of sp³-hybridized carbons (Fsp3) is 0.0952. The van der Waals surface area contributed by atoms with Gasteiger partial charge < -0.3 is 20.0 Å². The highest BCUT2D eigenvalue weighted by Crippen LogP contribution is 2.29. The van der Waals surface area contributed by atoms with Crippen LogP contribution in [0.3, 0.4) is 0 Å². The third-order valence-corrected chi connectivity index (χ3v) is 4.77. The van der Waals surface area contributed by atoms with Crippen LogP contribution in [0.15, 0.2) is 65.0 Å². The lowest BCUT2D eigenvalue weighted by Crippen LogP contribution is -2.22. The minimum absolute atomic E-state index is 0.0359. The lowest BCUT2D eigenvalue weighted by atomic mass is 10.1. The van der Waals surface area contributed by atoms with E-state index in [1.807, 2.05) is 31.2 Å². The number of nitrogens with one attached hydrogen (secondary N) is 1. The topological polar surface area (TPSA) is 90.8 Å². The molecular weight excluding hydrogens is 376 g/mol. The van der Waals surface area contributed by atoms with Gasteiger partial charge in [-0.15, -0.1) is 0 Å². The van der Waals surface area contributed by atoms with Gasteiger partial charge in [-0.3, -0.25) is 4.79 Å². The lowest BCUT2D eigenvalue weighted by Gasteiger charge is -2.06. The average molecular weight is 393 g/mol. The third-order valence-electron chi connectivity index (χ3n) is 3.86. The molecular formula is C21H17N2O4S-. The summed E-state index contributed by atoms with van der Waals surface area (Å²) in [6.45, 7) is 5.84. The van der Waals surface area contributed by atoms with Gasteiger partial charge in [0.1, 0.15) is 12.4 Å². The number of amides is 1. The van der Waals surface area contributed by atoms with Crippen LogP contribution in [0, 0.1) is 6.92 Å². The van der Waals surface area contributed by atoms with Crippen molar-refractivity contribution in [2.75, 3.05) is 6.61 Å². The van der Waals surface area contributed by atoms with Crippen molar-refractivity contribution in [1.29, 1.82) is 0 Å². The number of carbonyl (C=O) groups is 2. The van der Waals surface area contributed by atoms with Crippen LogP contribution >= 0.6 is 11.8 Å². The van der Waals surface area contributed by atoms with Crippen molar-refractivity contribution in [3.63, 3.8) is 0 Å². The number of rotatable bonds is 6. The summed E-state index contributed by atoms with van der Waals surface area (Å²) in [6.07, 6.45) is 3.42. The number of amidine groups is 1. The number of hydrogen-bond donors (Lipinski definition) is 1. The normalized spacial score (nSPS) is 16.2. The number of carbonyl (C=O) groups excluding carboxylic acids is 2. The molecule has 28 heavy (non-hydrogen) atoms. The van der Waals surface area contributed by atoms with Crippen molar-refractivity contribution in [3.8, 4) is 5.75 Å². The molecule has 2 aromatic rings. The molecule has 1 aliphatic rings. The molecule has 1 heterocycles. The molecule has 2 aromatic carbocycles. The van der Waals surface area contributed by atoms with Gasteiger partial charge in [-0.2, -0.15) is 0 Å². The van der Waals surface area contributed by atoms with E-state index in [1.54, 1.807) is 18.2 Å². The molecule has 0 spiro atoms. The van der Waals surface area contributed by atoms with Crippen molar-refractivity contribution in [2.45, 2.75) is 6.92 Å². The summed E-state index contributed by atoms with van der Waals surface area (Å²) in [5.41, 5.74) is 2.14. The van der Waals surface area contributed by atoms with Gasteiger partial charge in [0.15, 0.2) is 5.17 Å². The quantitative estimate of drug-likeness (QED) is 0.602. The molecule has 7 heteroatoms. The zero-order valence-corrected chi connectivity index (χ0v) is 15.9. The van der Waals surface area contributed by atoms with Crippen LogP contribution < -0.4 is 15.2 Å². The lowest BCUT2D eigenvalue weighted by molar-refractivity contribution is -0.255. The Labute approximate surface area is 166 Å². The minimum Gasteiger partial charge on any atom is -0.545 e. The summed E-state index contributed by atoms with van der Waals surface area (Å²) in [5.74, 6) is -0.814. The number of carboxylic acid groups (broad SMARTS) is 1. The van der Waals surface area contributed by atoms with E-state index in [0.29, 0.717) is 22.4 Å². The SMILES string of the molecule is C=CCOc1ccc(/C=C2\SC(=Nc3cc(C(=O)[O-])ccc3C)NC2=O)cc1. The van der Waals surface area contributed by atoms with Crippen LogP contribution in [0.4, 0.5) is 5.69 Å². The first-order valence-electron chi connectivity index (χ1n) is 8.41. The first-order valence-corrected chi connectivity index (χ1v) is 9.23. The van der Waals surface area contributed by atoms with Gasteiger partial charge >= 0.3 is 0 Å². The molecule has 0 saturated carbocycles. The van der Waals surface area contributed by atoms with Gasteiger partial charge in [0, 0.05) is 0 Å². The molecule has 6 nitrogen and oxygen atoms in total. The van der Waals surface area contributed by atoms with Gasteiger partial charge in [-0.25, -0.2) is 4.99 Å². The summed E-state index contributed by atoms with van der Waals surface area (Å²) >= 11 is 1.19. The number of benzene rings is 2. The molecule has 1 amide bonds. The zero-order chi connectivity index (χ0) is 20.1. The van der Waals surface area contributed by atoms with Gasteiger partial charge in [-0.1, -0.05) is 36.9 Å². The Morgan fingerprint density at radius 2 is 2.04 bits per heavy atom. The van der Waals surface area contributed by atoms with Crippen molar-refractivity contribution >= 4 is 40.6 Å². The Morgan fingerprint density at radius 1 is 1.29 bits per heavy atom. The maximum absolute atomic E-state index is 12.2. The Bertz CT molecular complexity index is 994. The van der Waals surface area contributed by atoms with Crippen LogP contribution in [-0.2, 0) is 4.79 Å². The van der Waals surface area contributed by atoms with E-state index in [0.717, 1.165) is 16.9 Å². The first kappa shape index (κ1) is 19.4. The molecule has 3 rings (SSSR count). The zero-order valence-electron chi connectivity index (χ0n) is 15.1. The Morgan fingerprint density at radius 3 is 2.71 bits per heavy atom. The highest BCUT2D eigenvalue weighted by Gasteiger charge is 2.24. The largest absolute Gasteiger partial charge is 0.545 e. The summed E-state index contributed by atoms with van der Waals surface area (Å²) < 4.78 is 5.43. The van der Waals surface area contributed by atoms with Crippen molar-refractivity contribution in [2.24, 2.45) is 4.99 Å². The third kappa shape index (κ3) is 4.69. The summed E-state index contributed by atoms with van der Waals surface area (Å²) in [5, 5.41) is 14.1. The van der Waals surface area contributed by atoms with E-state index < -0.39 is 5.97 Å². The number of thioether (sulfide) groups is 1. The van der Waals surface area contributed by atoms with Crippen LogP contribution in [0.25, 0.3) is 6.08 Å². The molecule has 1 N–H and O–H groups in total.